The Balaban J connectivity index is 1.75. The average molecular weight is 543 g/mol. The first-order valence-corrected chi connectivity index (χ1v) is 11.7. The van der Waals surface area contributed by atoms with Gasteiger partial charge in [-0.2, -0.15) is 13.2 Å². The molecule has 0 bridgehead atoms. The third-order valence-corrected chi connectivity index (χ3v) is 7.38. The van der Waals surface area contributed by atoms with Crippen LogP contribution in [0, 0.1) is 12.7 Å². The predicted octanol–water partition coefficient (Wildman–Crippen LogP) is 5.63. The first kappa shape index (κ1) is 25.1. The molecule has 0 spiro atoms. The maximum absolute atomic E-state index is 14.7. The molecule has 1 unspecified atom stereocenters. The van der Waals surface area contributed by atoms with E-state index >= 15 is 0 Å². The number of aromatic nitrogens is 1. The lowest BCUT2D eigenvalue weighted by Crippen LogP contribution is -2.31. The zero-order valence-corrected chi connectivity index (χ0v) is 19.5. The van der Waals surface area contributed by atoms with Crippen LogP contribution >= 0.6 is 11.8 Å². The van der Waals surface area contributed by atoms with Gasteiger partial charge in [0.15, 0.2) is 11.5 Å². The van der Waals surface area contributed by atoms with E-state index in [1.165, 1.54) is 13.0 Å². The highest BCUT2D eigenvalue weighted by Crippen LogP contribution is 2.45. The number of hydrogen-bond donors (Lipinski definition) is 1. The van der Waals surface area contributed by atoms with Crippen molar-refractivity contribution in [2.24, 2.45) is 0 Å². The number of fused-ring (bicyclic) bond motifs is 2. The topological polar surface area (TPSA) is 77.8 Å². The molecule has 1 aromatic heterocycles. The summed E-state index contributed by atoms with van der Waals surface area (Å²) >= 11 is 0.956. The maximum Gasteiger partial charge on any atom is 0.586 e. The maximum atomic E-state index is 14.7. The molecule has 3 aromatic rings. The van der Waals surface area contributed by atoms with Gasteiger partial charge in [0.1, 0.15) is 11.9 Å². The van der Waals surface area contributed by atoms with Crippen molar-refractivity contribution < 1.29 is 45.7 Å². The highest BCUT2D eigenvalue weighted by molar-refractivity contribution is 7.99. The van der Waals surface area contributed by atoms with Crippen molar-refractivity contribution in [3.05, 3.63) is 74.8 Å². The zero-order valence-electron chi connectivity index (χ0n) is 18.7. The minimum absolute atomic E-state index is 0.0460. The van der Waals surface area contributed by atoms with Gasteiger partial charge in [-0.3, -0.25) is 9.36 Å². The molecule has 13 heteroatoms. The molecule has 1 N–H and O–H groups in total. The third-order valence-electron chi connectivity index (χ3n) is 6.18. The van der Waals surface area contributed by atoms with Crippen LogP contribution in [0.15, 0.2) is 46.2 Å². The van der Waals surface area contributed by atoms with Gasteiger partial charge < -0.3 is 14.6 Å². The number of benzene rings is 2. The van der Waals surface area contributed by atoms with Crippen LogP contribution < -0.4 is 15.0 Å². The van der Waals surface area contributed by atoms with E-state index in [1.54, 1.807) is 0 Å². The number of ether oxygens (including phenoxy) is 2. The van der Waals surface area contributed by atoms with E-state index in [4.69, 9.17) is 0 Å². The quantitative estimate of drug-likeness (QED) is 0.431. The molecule has 194 valence electrons. The fourth-order valence-corrected chi connectivity index (χ4v) is 5.87. The number of halogens is 6. The molecule has 0 amide bonds. The molecule has 1 atom stereocenters. The largest absolute Gasteiger partial charge is 0.586 e. The minimum atomic E-state index is -4.87. The van der Waals surface area contributed by atoms with Gasteiger partial charge in [0, 0.05) is 17.7 Å². The van der Waals surface area contributed by atoms with Gasteiger partial charge in [-0.1, -0.05) is 12.1 Å². The van der Waals surface area contributed by atoms with Crippen LogP contribution in [0.25, 0.3) is 11.1 Å². The predicted molar refractivity (Wildman–Crippen MR) is 119 cm³/mol. The Morgan fingerprint density at radius 2 is 1.86 bits per heavy atom. The Morgan fingerprint density at radius 1 is 1.16 bits per heavy atom. The lowest BCUT2D eigenvalue weighted by Gasteiger charge is -2.20. The zero-order chi connectivity index (χ0) is 26.9. The van der Waals surface area contributed by atoms with E-state index in [0.717, 1.165) is 46.7 Å². The van der Waals surface area contributed by atoms with Crippen LogP contribution in [0.4, 0.5) is 26.3 Å². The van der Waals surface area contributed by atoms with Gasteiger partial charge in [0.2, 0.25) is 0 Å². The molecule has 0 saturated heterocycles. The molecule has 37 heavy (non-hydrogen) atoms. The van der Waals surface area contributed by atoms with Gasteiger partial charge >= 0.3 is 18.4 Å². The van der Waals surface area contributed by atoms with E-state index in [0.29, 0.717) is 0 Å². The Morgan fingerprint density at radius 3 is 2.54 bits per heavy atom. The second-order valence-corrected chi connectivity index (χ2v) is 9.40. The van der Waals surface area contributed by atoms with E-state index in [2.05, 4.69) is 9.47 Å². The molecule has 3 heterocycles. The molecule has 6 nitrogen and oxygen atoms in total. The van der Waals surface area contributed by atoms with Crippen LogP contribution in [0.5, 0.6) is 11.5 Å². The lowest BCUT2D eigenvalue weighted by molar-refractivity contribution is -0.286. The van der Waals surface area contributed by atoms with Gasteiger partial charge in [0.05, 0.1) is 16.2 Å². The van der Waals surface area contributed by atoms with Gasteiger partial charge in [0.25, 0.3) is 5.56 Å². The molecule has 0 fully saturated rings. The fraction of sp³-hybridized carbons (Fsp3) is 0.250. The molecule has 2 aliphatic rings. The number of carboxylic acid groups (broad SMARTS) is 1. The van der Waals surface area contributed by atoms with Crippen molar-refractivity contribution in [3.63, 3.8) is 0 Å². The molecule has 2 aliphatic heterocycles. The molecular weight excluding hydrogens is 528 g/mol. The molecular formula is C24H15F6NO5S. The SMILES string of the molecule is Cc1c(Cc2c(F)cccc2C(F)(F)F)c2n(c(=O)c1-c1ccc3c(c1)OC(F)(F)O3)C(C(=O)O)CS2. The van der Waals surface area contributed by atoms with Crippen LogP contribution in [-0.4, -0.2) is 27.7 Å². The number of pyridine rings is 1. The normalized spacial score (nSPS) is 17.6. The number of thioether (sulfide) groups is 1. The first-order valence-electron chi connectivity index (χ1n) is 10.7. The monoisotopic (exact) mass is 543 g/mol. The van der Waals surface area contributed by atoms with E-state index in [9.17, 15) is 41.0 Å². The van der Waals surface area contributed by atoms with Crippen molar-refractivity contribution in [3.8, 4) is 22.6 Å². The number of rotatable bonds is 4. The summed E-state index contributed by atoms with van der Waals surface area (Å²) in [6.07, 6.45) is -9.40. The van der Waals surface area contributed by atoms with Gasteiger partial charge in [-0.25, -0.2) is 9.18 Å². The van der Waals surface area contributed by atoms with E-state index < -0.39 is 53.4 Å². The Hall–Kier alpha value is -3.61. The van der Waals surface area contributed by atoms with Gasteiger partial charge in [-0.05, 0) is 47.9 Å². The number of aliphatic carboxylic acids is 1. The number of carboxylic acids is 1. The second-order valence-electron chi connectivity index (χ2n) is 8.39. The highest BCUT2D eigenvalue weighted by Gasteiger charge is 2.44. The number of carbonyl (C=O) groups is 1. The average Bonchev–Trinajstić information content (AvgIpc) is 3.36. The Bertz CT molecular complexity index is 1520. The molecule has 0 radical (unpaired) electrons. The first-order chi connectivity index (χ1) is 17.3. The smallest absolute Gasteiger partial charge is 0.480 e. The summed E-state index contributed by atoms with van der Waals surface area (Å²) in [5.74, 6) is -3.24. The van der Waals surface area contributed by atoms with Crippen LogP contribution in [0.2, 0.25) is 0 Å². The van der Waals surface area contributed by atoms with Crippen molar-refractivity contribution >= 4 is 17.7 Å². The van der Waals surface area contributed by atoms with Crippen LogP contribution in [0.1, 0.15) is 28.3 Å². The highest BCUT2D eigenvalue weighted by atomic mass is 32.2. The Labute approximate surface area is 208 Å². The van der Waals surface area contributed by atoms with Crippen molar-refractivity contribution in [1.29, 1.82) is 0 Å². The number of alkyl halides is 5. The van der Waals surface area contributed by atoms with Crippen molar-refractivity contribution in [2.75, 3.05) is 5.75 Å². The van der Waals surface area contributed by atoms with Crippen molar-refractivity contribution in [2.45, 2.75) is 36.9 Å². The van der Waals surface area contributed by atoms with Crippen LogP contribution in [-0.2, 0) is 17.4 Å². The van der Waals surface area contributed by atoms with Crippen molar-refractivity contribution in [1.82, 2.24) is 4.57 Å². The lowest BCUT2D eigenvalue weighted by atomic mass is 9.92. The number of hydrogen-bond acceptors (Lipinski definition) is 5. The number of nitrogens with zero attached hydrogens (tertiary/aromatic N) is 1. The summed E-state index contributed by atoms with van der Waals surface area (Å²) in [4.78, 5) is 25.4. The molecule has 5 rings (SSSR count). The van der Waals surface area contributed by atoms with E-state index in [-0.39, 0.29) is 44.5 Å². The summed E-state index contributed by atoms with van der Waals surface area (Å²) < 4.78 is 92.5. The summed E-state index contributed by atoms with van der Waals surface area (Å²) in [7, 11) is 0. The fourth-order valence-electron chi connectivity index (χ4n) is 4.52. The molecule has 0 saturated carbocycles. The summed E-state index contributed by atoms with van der Waals surface area (Å²) in [5.41, 5.74) is -2.50. The summed E-state index contributed by atoms with van der Waals surface area (Å²) in [6.45, 7) is 1.43. The minimum Gasteiger partial charge on any atom is -0.480 e. The van der Waals surface area contributed by atoms with E-state index in [1.807, 2.05) is 0 Å². The molecule has 0 aliphatic carbocycles. The Kier molecular flexibility index (Phi) is 5.73. The molecule has 2 aromatic carbocycles. The second kappa shape index (κ2) is 8.47. The summed E-state index contributed by atoms with van der Waals surface area (Å²) in [6, 6.07) is 4.69. The van der Waals surface area contributed by atoms with Gasteiger partial charge in [-0.15, -0.1) is 20.5 Å². The summed E-state index contributed by atoms with van der Waals surface area (Å²) in [5, 5.41) is 9.77. The third kappa shape index (κ3) is 4.20. The van der Waals surface area contributed by atoms with Crippen LogP contribution in [0.3, 0.4) is 0 Å². The standard InChI is InChI=1S/C24H15F6NO5S/c1-10-12(8-13-14(23(26,27)28)3-2-4-15(13)25)21-31(16(9-37-21)22(33)34)20(32)19(10)11-5-6-17-18(7-11)36-24(29,30)35-17/h2-7,16H,8-9H2,1H3,(H,33,34).